The maximum absolute atomic E-state index is 10.3. The number of rotatable bonds is 3. The maximum atomic E-state index is 10.3. The summed E-state index contributed by atoms with van der Waals surface area (Å²) in [5.41, 5.74) is 2.76. The first-order chi connectivity index (χ1) is 12.7. The fraction of sp³-hybridized carbons (Fsp3) is 0.444. The van der Waals surface area contributed by atoms with E-state index < -0.39 is 6.10 Å². The molecule has 8 heteroatoms. The van der Waals surface area contributed by atoms with Crippen molar-refractivity contribution in [2.45, 2.75) is 50.8 Å². The smallest absolute Gasteiger partial charge is 0.139 e. The summed E-state index contributed by atoms with van der Waals surface area (Å²) < 4.78 is 4.21. The van der Waals surface area contributed by atoms with Gasteiger partial charge in [-0.05, 0) is 38.7 Å². The molecule has 134 valence electrons. The van der Waals surface area contributed by atoms with Crippen LogP contribution in [0.4, 0.5) is 0 Å². The lowest BCUT2D eigenvalue weighted by molar-refractivity contribution is 0.174. The molecule has 1 aliphatic carbocycles. The van der Waals surface area contributed by atoms with Crippen LogP contribution in [0.25, 0.3) is 22.1 Å². The lowest BCUT2D eigenvalue weighted by Crippen LogP contribution is -2.23. The third-order valence-corrected chi connectivity index (χ3v) is 5.48. The van der Waals surface area contributed by atoms with Gasteiger partial charge in [-0.25, -0.2) is 14.6 Å². The topological polar surface area (TPSA) is 97.4 Å². The van der Waals surface area contributed by atoms with Crippen molar-refractivity contribution in [1.29, 1.82) is 0 Å². The highest BCUT2D eigenvalue weighted by molar-refractivity contribution is 6.01. The molecule has 4 aromatic rings. The zero-order chi connectivity index (χ0) is 17.7. The van der Waals surface area contributed by atoms with Gasteiger partial charge in [0.2, 0.25) is 0 Å². The van der Waals surface area contributed by atoms with Crippen molar-refractivity contribution in [3.05, 3.63) is 36.7 Å². The number of fused-ring (bicyclic) bond motifs is 3. The van der Waals surface area contributed by atoms with Crippen LogP contribution >= 0.6 is 0 Å². The van der Waals surface area contributed by atoms with Crippen LogP contribution in [0.2, 0.25) is 0 Å². The summed E-state index contributed by atoms with van der Waals surface area (Å²) in [5.74, 6) is 0.722. The van der Waals surface area contributed by atoms with Crippen LogP contribution in [0.1, 0.15) is 56.6 Å². The van der Waals surface area contributed by atoms with Crippen LogP contribution in [0.5, 0.6) is 0 Å². The molecule has 1 fully saturated rings. The molecule has 5 rings (SSSR count). The van der Waals surface area contributed by atoms with Crippen molar-refractivity contribution in [3.8, 4) is 0 Å². The average Bonchev–Trinajstić information content (AvgIpc) is 3.39. The number of aromatic amines is 1. The molecule has 0 saturated heterocycles. The van der Waals surface area contributed by atoms with Crippen molar-refractivity contribution >= 4 is 22.1 Å². The van der Waals surface area contributed by atoms with Gasteiger partial charge >= 0.3 is 0 Å². The minimum Gasteiger partial charge on any atom is -0.385 e. The summed E-state index contributed by atoms with van der Waals surface area (Å²) in [6, 6.07) is 2.74. The number of imidazole rings is 1. The Kier molecular flexibility index (Phi) is 3.53. The maximum Gasteiger partial charge on any atom is 0.139 e. The average molecular weight is 351 g/mol. The number of aliphatic hydroxyl groups excluding tert-OH is 1. The normalized spacial score (nSPS) is 22.2. The summed E-state index contributed by atoms with van der Waals surface area (Å²) in [7, 11) is 0. The third-order valence-electron chi connectivity index (χ3n) is 5.48. The predicted molar refractivity (Wildman–Crippen MR) is 96.6 cm³/mol. The van der Waals surface area contributed by atoms with Crippen LogP contribution in [0, 0.1) is 0 Å². The Morgan fingerprint density at radius 1 is 1.23 bits per heavy atom. The van der Waals surface area contributed by atoms with Gasteiger partial charge in [-0.15, -0.1) is 5.10 Å². The van der Waals surface area contributed by atoms with Gasteiger partial charge in [-0.3, -0.25) is 0 Å². The van der Waals surface area contributed by atoms with Crippen molar-refractivity contribution in [3.63, 3.8) is 0 Å². The zero-order valence-electron chi connectivity index (χ0n) is 14.6. The Morgan fingerprint density at radius 3 is 2.77 bits per heavy atom. The van der Waals surface area contributed by atoms with Gasteiger partial charge in [0.25, 0.3) is 0 Å². The molecule has 0 unspecified atom stereocenters. The number of nitrogens with one attached hydrogen (secondary N) is 1. The SMILES string of the molecule is C[C@@H](O)c1nc2cnc3[nH]ccc3c2n1[C@H]1CC[C@@H](n2ccnn2)CC1. The Labute approximate surface area is 149 Å². The number of H-pyrrole nitrogens is 1. The summed E-state index contributed by atoms with van der Waals surface area (Å²) >= 11 is 0. The van der Waals surface area contributed by atoms with E-state index in [0.717, 1.165) is 53.6 Å². The summed E-state index contributed by atoms with van der Waals surface area (Å²) in [5, 5.41) is 19.5. The van der Waals surface area contributed by atoms with Gasteiger partial charge in [0.1, 0.15) is 23.1 Å². The predicted octanol–water partition coefficient (Wildman–Crippen LogP) is 2.91. The van der Waals surface area contributed by atoms with E-state index >= 15 is 0 Å². The first kappa shape index (κ1) is 15.5. The first-order valence-electron chi connectivity index (χ1n) is 9.10. The highest BCUT2D eigenvalue weighted by atomic mass is 16.3. The molecule has 1 atom stereocenters. The number of pyridine rings is 1. The molecule has 4 heterocycles. The van der Waals surface area contributed by atoms with Crippen LogP contribution in [0.15, 0.2) is 30.9 Å². The molecule has 26 heavy (non-hydrogen) atoms. The van der Waals surface area contributed by atoms with Crippen LogP contribution in [0.3, 0.4) is 0 Å². The van der Waals surface area contributed by atoms with Crippen LogP contribution < -0.4 is 0 Å². The van der Waals surface area contributed by atoms with E-state index in [9.17, 15) is 5.11 Å². The molecule has 0 amide bonds. The lowest BCUT2D eigenvalue weighted by atomic mass is 9.90. The fourth-order valence-corrected chi connectivity index (χ4v) is 4.27. The van der Waals surface area contributed by atoms with Gasteiger partial charge in [0, 0.05) is 23.8 Å². The number of aliphatic hydroxyl groups is 1. The molecule has 0 aromatic carbocycles. The van der Waals surface area contributed by atoms with E-state index in [4.69, 9.17) is 4.98 Å². The summed E-state index contributed by atoms with van der Waals surface area (Å²) in [4.78, 5) is 12.3. The van der Waals surface area contributed by atoms with E-state index in [-0.39, 0.29) is 0 Å². The van der Waals surface area contributed by atoms with Gasteiger partial charge in [-0.1, -0.05) is 5.21 Å². The Hall–Kier alpha value is -2.74. The van der Waals surface area contributed by atoms with E-state index in [2.05, 4.69) is 24.8 Å². The minimum absolute atomic E-state index is 0.310. The van der Waals surface area contributed by atoms with E-state index in [0.29, 0.717) is 12.1 Å². The van der Waals surface area contributed by atoms with Crippen molar-refractivity contribution in [2.24, 2.45) is 0 Å². The van der Waals surface area contributed by atoms with Gasteiger partial charge in [0.05, 0.1) is 24.0 Å². The quantitative estimate of drug-likeness (QED) is 0.591. The highest BCUT2D eigenvalue weighted by Crippen LogP contribution is 2.39. The molecule has 0 bridgehead atoms. The standard InChI is InChI=1S/C18H21N7O/c1-11(26)18-22-15-10-20-17-14(6-7-19-17)16(15)25(18)13-4-2-12(3-5-13)24-9-8-21-23-24/h6-13,26H,2-5H2,1H3,(H,19,20)/t11-,12-,13+/m1/s1. The molecular formula is C18H21N7O. The monoisotopic (exact) mass is 351 g/mol. The van der Waals surface area contributed by atoms with Crippen molar-refractivity contribution in [1.82, 2.24) is 34.5 Å². The second-order valence-corrected chi connectivity index (χ2v) is 7.09. The molecule has 0 aliphatic heterocycles. The molecule has 8 nitrogen and oxygen atoms in total. The van der Waals surface area contributed by atoms with E-state index in [1.165, 1.54) is 0 Å². The molecule has 1 aliphatic rings. The molecule has 0 spiro atoms. The Bertz CT molecular complexity index is 1040. The Balaban J connectivity index is 1.57. The second-order valence-electron chi connectivity index (χ2n) is 7.09. The molecule has 2 N–H and O–H groups in total. The number of aromatic nitrogens is 7. The van der Waals surface area contributed by atoms with E-state index in [1.807, 2.05) is 23.1 Å². The largest absolute Gasteiger partial charge is 0.385 e. The van der Waals surface area contributed by atoms with Crippen molar-refractivity contribution in [2.75, 3.05) is 0 Å². The molecule has 0 radical (unpaired) electrons. The number of nitrogens with zero attached hydrogens (tertiary/aromatic N) is 6. The fourth-order valence-electron chi connectivity index (χ4n) is 4.27. The number of hydrogen-bond donors (Lipinski definition) is 2. The molecule has 4 aromatic heterocycles. The summed E-state index contributed by atoms with van der Waals surface area (Å²) in [6.45, 7) is 1.78. The van der Waals surface area contributed by atoms with Gasteiger partial charge in [-0.2, -0.15) is 0 Å². The molecule has 1 saturated carbocycles. The van der Waals surface area contributed by atoms with Crippen LogP contribution in [-0.4, -0.2) is 39.6 Å². The first-order valence-corrected chi connectivity index (χ1v) is 9.10. The highest BCUT2D eigenvalue weighted by Gasteiger charge is 2.28. The summed E-state index contributed by atoms with van der Waals surface area (Å²) in [6.07, 6.45) is 10.8. The Morgan fingerprint density at radius 2 is 2.04 bits per heavy atom. The van der Waals surface area contributed by atoms with Gasteiger partial charge in [0.15, 0.2) is 0 Å². The van der Waals surface area contributed by atoms with E-state index in [1.54, 1.807) is 19.3 Å². The third kappa shape index (κ3) is 2.33. The number of hydrogen-bond acceptors (Lipinski definition) is 5. The van der Waals surface area contributed by atoms with Crippen LogP contribution in [-0.2, 0) is 0 Å². The van der Waals surface area contributed by atoms with Gasteiger partial charge < -0.3 is 14.7 Å². The molecular weight excluding hydrogens is 330 g/mol. The minimum atomic E-state index is -0.621. The van der Waals surface area contributed by atoms with Crippen molar-refractivity contribution < 1.29 is 5.11 Å². The zero-order valence-corrected chi connectivity index (χ0v) is 14.6. The lowest BCUT2D eigenvalue weighted by Gasteiger charge is -2.31. The second kappa shape index (κ2) is 5.91.